The lowest BCUT2D eigenvalue weighted by atomic mass is 9.76. The van der Waals surface area contributed by atoms with Gasteiger partial charge in [-0.2, -0.15) is 0 Å². The third-order valence-electron chi connectivity index (χ3n) is 4.31. The van der Waals surface area contributed by atoms with Crippen molar-refractivity contribution in [2.24, 2.45) is 0 Å². The van der Waals surface area contributed by atoms with Gasteiger partial charge in [-0.25, -0.2) is 19.7 Å². The third-order valence-corrected chi connectivity index (χ3v) is 4.75. The van der Waals surface area contributed by atoms with E-state index in [0.29, 0.717) is 11.6 Å². The fraction of sp³-hybridized carbons (Fsp3) is 0.467. The number of nitrogens with zero attached hydrogens (tertiary/aromatic N) is 3. The zero-order chi connectivity index (χ0) is 15.7. The van der Waals surface area contributed by atoms with E-state index in [4.69, 9.17) is 5.11 Å². The van der Waals surface area contributed by atoms with E-state index in [9.17, 15) is 4.79 Å². The van der Waals surface area contributed by atoms with Gasteiger partial charge in [0.2, 0.25) is 0 Å². The predicted molar refractivity (Wildman–Crippen MR) is 85.8 cm³/mol. The van der Waals surface area contributed by atoms with Crippen molar-refractivity contribution in [2.45, 2.75) is 44.1 Å². The van der Waals surface area contributed by atoms with Crippen LogP contribution in [0.25, 0.3) is 11.2 Å². The minimum atomic E-state index is -0.955. The molecule has 1 fully saturated rings. The van der Waals surface area contributed by atoms with Crippen molar-refractivity contribution in [2.75, 3.05) is 0 Å². The number of rotatable bonds is 2. The smallest absolute Gasteiger partial charge is 0.405 e. The fourth-order valence-electron chi connectivity index (χ4n) is 3.03. The molecule has 1 aliphatic carbocycles. The topological polar surface area (TPSA) is 88.0 Å². The molecule has 0 aliphatic heterocycles. The highest BCUT2D eigenvalue weighted by atomic mass is 79.9. The molecule has 2 aromatic rings. The molecule has 2 N–H and O–H groups in total. The molecule has 0 radical (unpaired) electrons. The first-order chi connectivity index (χ1) is 10.5. The van der Waals surface area contributed by atoms with Crippen LogP contribution in [0.1, 0.15) is 44.2 Å². The summed E-state index contributed by atoms with van der Waals surface area (Å²) in [4.78, 5) is 24.2. The molecular weight excluding hydrogens is 348 g/mol. The minimum absolute atomic E-state index is 0.323. The number of aromatic nitrogens is 3. The van der Waals surface area contributed by atoms with E-state index < -0.39 is 6.09 Å². The first kappa shape index (κ1) is 15.1. The molecule has 116 valence electrons. The number of amides is 1. The Morgan fingerprint density at radius 2 is 2.09 bits per heavy atom. The molecule has 0 saturated heterocycles. The summed E-state index contributed by atoms with van der Waals surface area (Å²) in [6.45, 7) is 1.96. The first-order valence-corrected chi connectivity index (χ1v) is 8.05. The third kappa shape index (κ3) is 3.19. The van der Waals surface area contributed by atoms with Crippen LogP contribution in [0, 0.1) is 0 Å². The van der Waals surface area contributed by atoms with E-state index in [2.05, 4.69) is 36.2 Å². The maximum absolute atomic E-state index is 10.9. The lowest BCUT2D eigenvalue weighted by Gasteiger charge is -2.36. The summed E-state index contributed by atoms with van der Waals surface area (Å²) in [5, 5.41) is 11.5. The van der Waals surface area contributed by atoms with Gasteiger partial charge in [-0.05, 0) is 60.7 Å². The summed E-state index contributed by atoms with van der Waals surface area (Å²) in [6, 6.07) is 3.76. The monoisotopic (exact) mass is 364 g/mol. The van der Waals surface area contributed by atoms with E-state index >= 15 is 0 Å². The van der Waals surface area contributed by atoms with Crippen molar-refractivity contribution < 1.29 is 9.90 Å². The van der Waals surface area contributed by atoms with Gasteiger partial charge in [0.05, 0.1) is 11.9 Å². The number of fused-ring (bicyclic) bond motifs is 1. The van der Waals surface area contributed by atoms with Gasteiger partial charge >= 0.3 is 6.09 Å². The van der Waals surface area contributed by atoms with Crippen molar-refractivity contribution >= 4 is 33.2 Å². The molecule has 0 spiro atoms. The zero-order valence-corrected chi connectivity index (χ0v) is 13.8. The Labute approximate surface area is 136 Å². The largest absolute Gasteiger partial charge is 0.465 e. The molecule has 0 atom stereocenters. The van der Waals surface area contributed by atoms with Crippen molar-refractivity contribution in [1.29, 1.82) is 0 Å². The molecule has 1 amide bonds. The summed E-state index contributed by atoms with van der Waals surface area (Å²) >= 11 is 3.33. The average Bonchev–Trinajstić information content (AvgIpc) is 2.46. The highest BCUT2D eigenvalue weighted by Crippen LogP contribution is 2.37. The van der Waals surface area contributed by atoms with E-state index in [-0.39, 0.29) is 5.54 Å². The zero-order valence-electron chi connectivity index (χ0n) is 12.2. The second-order valence-electron chi connectivity index (χ2n) is 6.04. The molecule has 0 aromatic carbocycles. The van der Waals surface area contributed by atoms with Crippen LogP contribution in [0.15, 0.2) is 22.9 Å². The van der Waals surface area contributed by atoms with Crippen molar-refractivity contribution in [3.8, 4) is 0 Å². The van der Waals surface area contributed by atoms with Gasteiger partial charge in [-0.3, -0.25) is 0 Å². The maximum Gasteiger partial charge on any atom is 0.405 e. The number of carboxylic acid groups (broad SMARTS) is 1. The molecule has 1 saturated carbocycles. The van der Waals surface area contributed by atoms with Crippen LogP contribution >= 0.6 is 15.9 Å². The van der Waals surface area contributed by atoms with Crippen LogP contribution in [0.3, 0.4) is 0 Å². The SMILES string of the molecule is CC1(NC(=O)O)CCC(c2cnc3nc(Br)ccc3n2)CC1. The summed E-state index contributed by atoms with van der Waals surface area (Å²) < 4.78 is 0.746. The molecule has 2 aromatic heterocycles. The molecular formula is C15H17BrN4O2. The standard InChI is InChI=1S/C15H17BrN4O2/c1-15(20-14(21)22)6-4-9(5-7-15)11-8-17-13-10(18-11)2-3-12(16)19-13/h2-3,8-9,20H,4-7H2,1H3,(H,21,22). The number of pyridine rings is 1. The minimum Gasteiger partial charge on any atom is -0.465 e. The van der Waals surface area contributed by atoms with Crippen molar-refractivity contribution in [1.82, 2.24) is 20.3 Å². The predicted octanol–water partition coefficient (Wildman–Crippen LogP) is 3.47. The fourth-order valence-corrected chi connectivity index (χ4v) is 3.33. The summed E-state index contributed by atoms with van der Waals surface area (Å²) in [5.74, 6) is 0.323. The molecule has 3 rings (SSSR count). The van der Waals surface area contributed by atoms with Crippen LogP contribution < -0.4 is 5.32 Å². The Hall–Kier alpha value is -1.76. The first-order valence-electron chi connectivity index (χ1n) is 7.25. The number of nitrogens with one attached hydrogen (secondary N) is 1. The van der Waals surface area contributed by atoms with Crippen LogP contribution in [0.2, 0.25) is 0 Å². The van der Waals surface area contributed by atoms with Crippen LogP contribution in [0.4, 0.5) is 4.79 Å². The van der Waals surface area contributed by atoms with Crippen LogP contribution in [0.5, 0.6) is 0 Å². The Bertz CT molecular complexity index is 714. The average molecular weight is 365 g/mol. The van der Waals surface area contributed by atoms with E-state index in [1.807, 2.05) is 19.1 Å². The van der Waals surface area contributed by atoms with Gasteiger partial charge < -0.3 is 10.4 Å². The molecule has 7 heteroatoms. The van der Waals surface area contributed by atoms with E-state index in [1.165, 1.54) is 0 Å². The van der Waals surface area contributed by atoms with Gasteiger partial charge in [0, 0.05) is 11.5 Å². The van der Waals surface area contributed by atoms with Crippen LogP contribution in [-0.2, 0) is 0 Å². The second kappa shape index (κ2) is 5.79. The Balaban J connectivity index is 1.76. The Morgan fingerprint density at radius 1 is 1.36 bits per heavy atom. The lowest BCUT2D eigenvalue weighted by Crippen LogP contribution is -2.47. The van der Waals surface area contributed by atoms with Gasteiger partial charge in [0.25, 0.3) is 0 Å². The Kier molecular flexibility index (Phi) is 3.99. The van der Waals surface area contributed by atoms with Gasteiger partial charge in [0.15, 0.2) is 5.65 Å². The van der Waals surface area contributed by atoms with Crippen molar-refractivity contribution in [3.05, 3.63) is 28.6 Å². The summed E-state index contributed by atoms with van der Waals surface area (Å²) in [5.41, 5.74) is 2.05. The molecule has 0 unspecified atom stereocenters. The van der Waals surface area contributed by atoms with E-state index in [1.54, 1.807) is 6.20 Å². The van der Waals surface area contributed by atoms with Gasteiger partial charge in [-0.15, -0.1) is 0 Å². The van der Waals surface area contributed by atoms with Gasteiger partial charge in [-0.1, -0.05) is 0 Å². The quantitative estimate of drug-likeness (QED) is 0.796. The highest BCUT2D eigenvalue weighted by molar-refractivity contribution is 9.10. The molecule has 0 bridgehead atoms. The van der Waals surface area contributed by atoms with E-state index in [0.717, 1.165) is 41.5 Å². The Morgan fingerprint density at radius 3 is 2.77 bits per heavy atom. The molecule has 1 aliphatic rings. The number of carbonyl (C=O) groups is 1. The highest BCUT2D eigenvalue weighted by Gasteiger charge is 2.33. The molecule has 6 nitrogen and oxygen atoms in total. The van der Waals surface area contributed by atoms with Gasteiger partial charge in [0.1, 0.15) is 10.1 Å². The lowest BCUT2D eigenvalue weighted by molar-refractivity contribution is 0.165. The normalized spacial score (nSPS) is 25.1. The number of hydrogen-bond acceptors (Lipinski definition) is 4. The van der Waals surface area contributed by atoms with Crippen molar-refractivity contribution in [3.63, 3.8) is 0 Å². The second-order valence-corrected chi connectivity index (χ2v) is 6.85. The number of halogens is 1. The van der Waals surface area contributed by atoms with Crippen LogP contribution in [-0.4, -0.2) is 31.7 Å². The number of hydrogen-bond donors (Lipinski definition) is 2. The molecule has 2 heterocycles. The molecule has 22 heavy (non-hydrogen) atoms. The summed E-state index contributed by atoms with van der Waals surface area (Å²) in [6.07, 6.45) is 4.26. The maximum atomic E-state index is 10.9. The summed E-state index contributed by atoms with van der Waals surface area (Å²) in [7, 11) is 0.